The molecule has 0 aliphatic heterocycles. The molecule has 4 aromatic rings. The highest BCUT2D eigenvalue weighted by Crippen LogP contribution is 2.28. The van der Waals surface area contributed by atoms with E-state index < -0.39 is 5.91 Å². The lowest BCUT2D eigenvalue weighted by molar-refractivity contribution is 0.101. The van der Waals surface area contributed by atoms with E-state index in [1.807, 2.05) is 6.92 Å². The molecule has 0 aliphatic rings. The second kappa shape index (κ2) is 8.53. The zero-order valence-electron chi connectivity index (χ0n) is 16.6. The standard InChI is InChI=1S/C22H17Cl2FN4O2/c1-12-21(13(2)29(27-12)11-16-17(23)4-3-5-18(16)24)26-22(30)19-10-20(31-28-19)14-6-8-15(25)9-7-14/h3-10H,11H2,1-2H3,(H,26,30). The molecular formula is C22H17Cl2FN4O2. The molecule has 0 fully saturated rings. The van der Waals surface area contributed by atoms with Gasteiger partial charge in [-0.15, -0.1) is 0 Å². The lowest BCUT2D eigenvalue weighted by Gasteiger charge is -2.09. The van der Waals surface area contributed by atoms with E-state index in [0.29, 0.717) is 39.3 Å². The van der Waals surface area contributed by atoms with Gasteiger partial charge in [0.05, 0.1) is 23.6 Å². The predicted molar refractivity (Wildman–Crippen MR) is 117 cm³/mol. The normalized spacial score (nSPS) is 11.0. The zero-order chi connectivity index (χ0) is 22.1. The van der Waals surface area contributed by atoms with E-state index in [9.17, 15) is 9.18 Å². The summed E-state index contributed by atoms with van der Waals surface area (Å²) in [6, 6.07) is 12.5. The lowest BCUT2D eigenvalue weighted by Crippen LogP contribution is -2.13. The number of rotatable bonds is 5. The van der Waals surface area contributed by atoms with Gasteiger partial charge in [0, 0.05) is 27.2 Å². The van der Waals surface area contributed by atoms with E-state index in [1.54, 1.807) is 41.9 Å². The first-order valence-electron chi connectivity index (χ1n) is 9.34. The Morgan fingerprint density at radius 3 is 2.48 bits per heavy atom. The SMILES string of the molecule is Cc1nn(Cc2c(Cl)cccc2Cl)c(C)c1NC(=O)c1cc(-c2ccc(F)cc2)on1. The number of benzene rings is 2. The van der Waals surface area contributed by atoms with E-state index in [1.165, 1.54) is 18.2 Å². The molecule has 6 nitrogen and oxygen atoms in total. The zero-order valence-corrected chi connectivity index (χ0v) is 18.1. The number of amides is 1. The van der Waals surface area contributed by atoms with E-state index in [4.69, 9.17) is 27.7 Å². The molecule has 1 amide bonds. The third kappa shape index (κ3) is 4.33. The molecule has 0 saturated carbocycles. The number of anilines is 1. The van der Waals surface area contributed by atoms with Gasteiger partial charge < -0.3 is 9.84 Å². The predicted octanol–water partition coefficient (Wildman–Crippen LogP) is 5.90. The summed E-state index contributed by atoms with van der Waals surface area (Å²) in [5, 5.41) is 12.2. The van der Waals surface area contributed by atoms with Crippen molar-refractivity contribution in [3.05, 3.63) is 87.0 Å². The molecule has 31 heavy (non-hydrogen) atoms. The summed E-state index contributed by atoms with van der Waals surface area (Å²) >= 11 is 12.5. The largest absolute Gasteiger partial charge is 0.355 e. The number of nitrogens with zero attached hydrogens (tertiary/aromatic N) is 3. The average molecular weight is 459 g/mol. The minimum absolute atomic E-state index is 0.0972. The fraction of sp³-hybridized carbons (Fsp3) is 0.136. The van der Waals surface area contributed by atoms with Crippen molar-refractivity contribution in [3.63, 3.8) is 0 Å². The van der Waals surface area contributed by atoms with E-state index in [0.717, 1.165) is 11.3 Å². The Labute approximate surface area is 187 Å². The van der Waals surface area contributed by atoms with Crippen LogP contribution < -0.4 is 5.32 Å². The number of nitrogens with one attached hydrogen (secondary N) is 1. The van der Waals surface area contributed by atoms with Crippen LogP contribution in [0, 0.1) is 19.7 Å². The molecule has 0 spiro atoms. The van der Waals surface area contributed by atoms with Crippen LogP contribution in [-0.2, 0) is 6.54 Å². The molecule has 0 atom stereocenters. The third-order valence-corrected chi connectivity index (χ3v) is 5.57. The Morgan fingerprint density at radius 1 is 1.13 bits per heavy atom. The maximum Gasteiger partial charge on any atom is 0.277 e. The van der Waals surface area contributed by atoms with Gasteiger partial charge in [0.1, 0.15) is 5.82 Å². The summed E-state index contributed by atoms with van der Waals surface area (Å²) in [4.78, 5) is 12.7. The van der Waals surface area contributed by atoms with E-state index in [2.05, 4.69) is 15.6 Å². The van der Waals surface area contributed by atoms with E-state index >= 15 is 0 Å². The molecule has 2 heterocycles. The van der Waals surface area contributed by atoms with Gasteiger partial charge in [-0.1, -0.05) is 34.4 Å². The van der Waals surface area contributed by atoms with Crippen molar-refractivity contribution in [1.29, 1.82) is 0 Å². The fourth-order valence-electron chi connectivity index (χ4n) is 3.17. The third-order valence-electron chi connectivity index (χ3n) is 4.86. The highest BCUT2D eigenvalue weighted by Gasteiger charge is 2.19. The smallest absolute Gasteiger partial charge is 0.277 e. The number of carbonyl (C=O) groups is 1. The van der Waals surface area contributed by atoms with Crippen LogP contribution in [0.4, 0.5) is 10.1 Å². The van der Waals surface area contributed by atoms with Gasteiger partial charge in [-0.05, 0) is 50.2 Å². The lowest BCUT2D eigenvalue weighted by atomic mass is 10.1. The van der Waals surface area contributed by atoms with Gasteiger partial charge in [-0.3, -0.25) is 9.48 Å². The summed E-state index contributed by atoms with van der Waals surface area (Å²) in [5.74, 6) is -0.441. The molecule has 0 saturated heterocycles. The van der Waals surface area contributed by atoms with Crippen LogP contribution in [0.15, 0.2) is 53.1 Å². The Hall–Kier alpha value is -3.16. The molecule has 2 aromatic heterocycles. The quantitative estimate of drug-likeness (QED) is 0.403. The first-order valence-corrected chi connectivity index (χ1v) is 10.1. The summed E-state index contributed by atoms with van der Waals surface area (Å²) in [6.07, 6.45) is 0. The molecule has 0 bridgehead atoms. The molecule has 9 heteroatoms. The van der Waals surface area contributed by atoms with Crippen LogP contribution in [0.5, 0.6) is 0 Å². The number of hydrogen-bond acceptors (Lipinski definition) is 4. The maximum absolute atomic E-state index is 13.1. The molecule has 158 valence electrons. The van der Waals surface area contributed by atoms with Crippen LogP contribution in [0.3, 0.4) is 0 Å². The van der Waals surface area contributed by atoms with Crippen molar-refractivity contribution in [2.45, 2.75) is 20.4 Å². The minimum atomic E-state index is -0.446. The highest BCUT2D eigenvalue weighted by molar-refractivity contribution is 6.36. The van der Waals surface area contributed by atoms with Gasteiger partial charge in [0.25, 0.3) is 5.91 Å². The number of halogens is 3. The van der Waals surface area contributed by atoms with Crippen LogP contribution in [0.2, 0.25) is 10.0 Å². The van der Waals surface area contributed by atoms with Crippen molar-refractivity contribution in [2.75, 3.05) is 5.32 Å². The van der Waals surface area contributed by atoms with Crippen LogP contribution in [-0.4, -0.2) is 20.8 Å². The van der Waals surface area contributed by atoms with Gasteiger partial charge in [0.15, 0.2) is 11.5 Å². The van der Waals surface area contributed by atoms with Crippen LogP contribution in [0.25, 0.3) is 11.3 Å². The fourth-order valence-corrected chi connectivity index (χ4v) is 3.69. The Bertz CT molecular complexity index is 1250. The Kier molecular flexibility index (Phi) is 5.80. The second-order valence-electron chi connectivity index (χ2n) is 6.94. The molecule has 2 aromatic carbocycles. The molecule has 0 unspecified atom stereocenters. The topological polar surface area (TPSA) is 73.0 Å². The molecule has 0 aliphatic carbocycles. The summed E-state index contributed by atoms with van der Waals surface area (Å²) in [6.45, 7) is 3.99. The summed E-state index contributed by atoms with van der Waals surface area (Å²) in [7, 11) is 0. The van der Waals surface area contributed by atoms with Crippen molar-refractivity contribution >= 4 is 34.8 Å². The number of aryl methyl sites for hydroxylation is 1. The van der Waals surface area contributed by atoms with Crippen LogP contribution >= 0.6 is 23.2 Å². The van der Waals surface area contributed by atoms with Crippen LogP contribution in [0.1, 0.15) is 27.4 Å². The minimum Gasteiger partial charge on any atom is -0.355 e. The van der Waals surface area contributed by atoms with Crippen molar-refractivity contribution < 1.29 is 13.7 Å². The number of aromatic nitrogens is 3. The van der Waals surface area contributed by atoms with Gasteiger partial charge >= 0.3 is 0 Å². The van der Waals surface area contributed by atoms with Gasteiger partial charge in [0.2, 0.25) is 0 Å². The van der Waals surface area contributed by atoms with Gasteiger partial charge in [-0.25, -0.2) is 4.39 Å². The first-order chi connectivity index (χ1) is 14.8. The highest BCUT2D eigenvalue weighted by atomic mass is 35.5. The first kappa shape index (κ1) is 21.1. The van der Waals surface area contributed by atoms with Gasteiger partial charge in [-0.2, -0.15) is 5.10 Å². The number of carbonyl (C=O) groups excluding carboxylic acids is 1. The maximum atomic E-state index is 13.1. The van der Waals surface area contributed by atoms with Crippen molar-refractivity contribution in [1.82, 2.24) is 14.9 Å². The second-order valence-corrected chi connectivity index (χ2v) is 7.76. The molecular weight excluding hydrogens is 442 g/mol. The van der Waals surface area contributed by atoms with Crippen molar-refractivity contribution in [3.8, 4) is 11.3 Å². The summed E-state index contributed by atoms with van der Waals surface area (Å²) < 4.78 is 20.1. The monoisotopic (exact) mass is 458 g/mol. The van der Waals surface area contributed by atoms with Crippen molar-refractivity contribution in [2.24, 2.45) is 0 Å². The Balaban J connectivity index is 1.55. The molecule has 4 rings (SSSR count). The Morgan fingerprint density at radius 2 is 1.81 bits per heavy atom. The number of hydrogen-bond donors (Lipinski definition) is 1. The average Bonchev–Trinajstić information content (AvgIpc) is 3.32. The summed E-state index contributed by atoms with van der Waals surface area (Å²) in [5.41, 5.74) is 3.40. The van der Waals surface area contributed by atoms with E-state index in [-0.39, 0.29) is 11.5 Å². The molecule has 0 radical (unpaired) electrons. The molecule has 1 N–H and O–H groups in total.